The lowest BCUT2D eigenvalue weighted by molar-refractivity contribution is -0.116. The highest BCUT2D eigenvalue weighted by atomic mass is 16.1. The minimum atomic E-state index is 0.135. The van der Waals surface area contributed by atoms with Crippen molar-refractivity contribution < 1.29 is 4.79 Å². The summed E-state index contributed by atoms with van der Waals surface area (Å²) in [6.07, 6.45) is 2.81. The van der Waals surface area contributed by atoms with Crippen molar-refractivity contribution in [3.63, 3.8) is 0 Å². The molecule has 25 heavy (non-hydrogen) atoms. The molecule has 2 N–H and O–H groups in total. The van der Waals surface area contributed by atoms with Crippen molar-refractivity contribution in [1.29, 1.82) is 0 Å². The molecule has 0 saturated carbocycles. The molecular weight excluding hydrogens is 312 g/mol. The van der Waals surface area contributed by atoms with E-state index in [0.717, 1.165) is 51.4 Å². The standard InChI is InChI=1S/C20H32N4O/c1-2-23-11-13-24(14-12-23)16-18-3-6-19(7-4-18)22-20(25)8-5-17-9-10-21-15-17/h3-4,6-7,17,21H,2,5,8-16H2,1H3,(H,22,25). The summed E-state index contributed by atoms with van der Waals surface area (Å²) >= 11 is 0. The lowest BCUT2D eigenvalue weighted by atomic mass is 10.0. The largest absolute Gasteiger partial charge is 0.326 e. The number of likely N-dealkylation sites (N-methyl/N-ethyl adjacent to an activating group) is 1. The Kier molecular flexibility index (Phi) is 6.84. The van der Waals surface area contributed by atoms with Gasteiger partial charge in [-0.25, -0.2) is 0 Å². The Morgan fingerprint density at radius 2 is 1.88 bits per heavy atom. The van der Waals surface area contributed by atoms with Gasteiger partial charge in [0.25, 0.3) is 0 Å². The van der Waals surface area contributed by atoms with Crippen LogP contribution in [0, 0.1) is 5.92 Å². The quantitative estimate of drug-likeness (QED) is 0.796. The first-order chi connectivity index (χ1) is 12.2. The molecule has 138 valence electrons. The first-order valence-corrected chi connectivity index (χ1v) is 9.77. The molecular formula is C20H32N4O. The molecule has 2 fully saturated rings. The van der Waals surface area contributed by atoms with Gasteiger partial charge in [0, 0.05) is 44.8 Å². The van der Waals surface area contributed by atoms with Crippen molar-refractivity contribution in [1.82, 2.24) is 15.1 Å². The monoisotopic (exact) mass is 344 g/mol. The van der Waals surface area contributed by atoms with E-state index in [1.807, 2.05) is 12.1 Å². The summed E-state index contributed by atoms with van der Waals surface area (Å²) in [6, 6.07) is 8.35. The molecule has 1 aromatic carbocycles. The van der Waals surface area contributed by atoms with Crippen LogP contribution in [0.4, 0.5) is 5.69 Å². The summed E-state index contributed by atoms with van der Waals surface area (Å²) in [5, 5.41) is 6.38. The van der Waals surface area contributed by atoms with Crippen LogP contribution in [0.25, 0.3) is 0 Å². The molecule has 5 heteroatoms. The molecule has 0 radical (unpaired) electrons. The second-order valence-electron chi connectivity index (χ2n) is 7.35. The normalized spacial score (nSPS) is 22.2. The first kappa shape index (κ1) is 18.4. The fraction of sp³-hybridized carbons (Fsp3) is 0.650. The summed E-state index contributed by atoms with van der Waals surface area (Å²) in [5.74, 6) is 0.802. The predicted octanol–water partition coefficient (Wildman–Crippen LogP) is 2.15. The van der Waals surface area contributed by atoms with Crippen LogP contribution in [-0.2, 0) is 11.3 Å². The van der Waals surface area contributed by atoms with Gasteiger partial charge in [-0.05, 0) is 56.1 Å². The van der Waals surface area contributed by atoms with E-state index in [-0.39, 0.29) is 5.91 Å². The fourth-order valence-electron chi connectivity index (χ4n) is 3.73. The first-order valence-electron chi connectivity index (χ1n) is 9.77. The van der Waals surface area contributed by atoms with Crippen molar-refractivity contribution >= 4 is 11.6 Å². The van der Waals surface area contributed by atoms with E-state index in [9.17, 15) is 4.79 Å². The average Bonchev–Trinajstić information content (AvgIpc) is 3.16. The van der Waals surface area contributed by atoms with Crippen LogP contribution >= 0.6 is 0 Å². The molecule has 2 aliphatic rings. The number of carbonyl (C=O) groups excluding carboxylic acids is 1. The Balaban J connectivity index is 1.40. The van der Waals surface area contributed by atoms with Crippen molar-refractivity contribution in [3.8, 4) is 0 Å². The molecule has 2 saturated heterocycles. The zero-order valence-electron chi connectivity index (χ0n) is 15.5. The average molecular weight is 345 g/mol. The summed E-state index contributed by atoms with van der Waals surface area (Å²) in [5.41, 5.74) is 2.23. The van der Waals surface area contributed by atoms with Crippen LogP contribution in [0.15, 0.2) is 24.3 Å². The van der Waals surface area contributed by atoms with Gasteiger partial charge in [0.15, 0.2) is 0 Å². The highest BCUT2D eigenvalue weighted by molar-refractivity contribution is 5.90. The van der Waals surface area contributed by atoms with Gasteiger partial charge in [0.2, 0.25) is 5.91 Å². The van der Waals surface area contributed by atoms with E-state index in [1.165, 1.54) is 25.1 Å². The van der Waals surface area contributed by atoms with Crippen LogP contribution in [0.5, 0.6) is 0 Å². The Bertz CT molecular complexity index is 531. The Morgan fingerprint density at radius 1 is 1.16 bits per heavy atom. The van der Waals surface area contributed by atoms with Gasteiger partial charge < -0.3 is 15.5 Å². The zero-order chi connectivity index (χ0) is 17.5. The summed E-state index contributed by atoms with van der Waals surface area (Å²) in [7, 11) is 0. The maximum absolute atomic E-state index is 12.1. The summed E-state index contributed by atoms with van der Waals surface area (Å²) in [4.78, 5) is 17.1. The highest BCUT2D eigenvalue weighted by Gasteiger charge is 2.16. The maximum atomic E-state index is 12.1. The molecule has 0 spiro atoms. The molecule has 1 aromatic rings. The van der Waals surface area contributed by atoms with Crippen molar-refractivity contribution in [2.75, 3.05) is 51.1 Å². The number of anilines is 1. The number of piperazine rings is 1. The molecule has 0 bridgehead atoms. The summed E-state index contributed by atoms with van der Waals surface area (Å²) in [6.45, 7) is 11.2. The van der Waals surface area contributed by atoms with Crippen molar-refractivity contribution in [3.05, 3.63) is 29.8 Å². The van der Waals surface area contributed by atoms with Crippen LogP contribution < -0.4 is 10.6 Å². The highest BCUT2D eigenvalue weighted by Crippen LogP contribution is 2.16. The molecule has 1 amide bonds. The van der Waals surface area contributed by atoms with Crippen LogP contribution in [0.2, 0.25) is 0 Å². The molecule has 2 aliphatic heterocycles. The molecule has 1 unspecified atom stereocenters. The summed E-state index contributed by atoms with van der Waals surface area (Å²) < 4.78 is 0. The zero-order valence-corrected chi connectivity index (χ0v) is 15.5. The van der Waals surface area contributed by atoms with Gasteiger partial charge in [0.05, 0.1) is 0 Å². The number of nitrogens with one attached hydrogen (secondary N) is 2. The van der Waals surface area contributed by atoms with Gasteiger partial charge in [-0.1, -0.05) is 19.1 Å². The number of amides is 1. The number of carbonyl (C=O) groups is 1. The van der Waals surface area contributed by atoms with E-state index >= 15 is 0 Å². The minimum Gasteiger partial charge on any atom is -0.326 e. The Labute approximate surface area is 151 Å². The van der Waals surface area contributed by atoms with E-state index < -0.39 is 0 Å². The van der Waals surface area contributed by atoms with E-state index in [0.29, 0.717) is 12.3 Å². The second-order valence-corrected chi connectivity index (χ2v) is 7.35. The maximum Gasteiger partial charge on any atom is 0.224 e. The molecule has 2 heterocycles. The van der Waals surface area contributed by atoms with Gasteiger partial charge in [-0.2, -0.15) is 0 Å². The molecule has 5 nitrogen and oxygen atoms in total. The van der Waals surface area contributed by atoms with Crippen LogP contribution in [-0.4, -0.2) is 61.5 Å². The number of rotatable bonds is 7. The van der Waals surface area contributed by atoms with E-state index in [1.54, 1.807) is 0 Å². The van der Waals surface area contributed by atoms with Gasteiger partial charge in [-0.3, -0.25) is 9.69 Å². The molecule has 3 rings (SSSR count). The van der Waals surface area contributed by atoms with Gasteiger partial charge >= 0.3 is 0 Å². The minimum absolute atomic E-state index is 0.135. The van der Waals surface area contributed by atoms with Gasteiger partial charge in [-0.15, -0.1) is 0 Å². The lowest BCUT2D eigenvalue weighted by Crippen LogP contribution is -2.45. The predicted molar refractivity (Wildman–Crippen MR) is 103 cm³/mol. The van der Waals surface area contributed by atoms with Crippen LogP contribution in [0.3, 0.4) is 0 Å². The number of benzene rings is 1. The third-order valence-corrected chi connectivity index (χ3v) is 5.50. The number of nitrogens with zero attached hydrogens (tertiary/aromatic N) is 2. The van der Waals surface area contributed by atoms with E-state index in [4.69, 9.17) is 0 Å². The van der Waals surface area contributed by atoms with Gasteiger partial charge in [0.1, 0.15) is 0 Å². The topological polar surface area (TPSA) is 47.6 Å². The number of hydrogen-bond acceptors (Lipinski definition) is 4. The van der Waals surface area contributed by atoms with Crippen molar-refractivity contribution in [2.45, 2.75) is 32.7 Å². The van der Waals surface area contributed by atoms with Crippen LogP contribution in [0.1, 0.15) is 31.7 Å². The SMILES string of the molecule is CCN1CCN(Cc2ccc(NC(=O)CCC3CCNC3)cc2)CC1. The molecule has 1 atom stereocenters. The lowest BCUT2D eigenvalue weighted by Gasteiger charge is -2.34. The molecule has 0 aromatic heterocycles. The smallest absolute Gasteiger partial charge is 0.224 e. The third kappa shape index (κ3) is 5.80. The fourth-order valence-corrected chi connectivity index (χ4v) is 3.73. The number of hydrogen-bond donors (Lipinski definition) is 2. The molecule has 0 aliphatic carbocycles. The van der Waals surface area contributed by atoms with Crippen molar-refractivity contribution in [2.24, 2.45) is 5.92 Å². The third-order valence-electron chi connectivity index (χ3n) is 5.50. The Hall–Kier alpha value is -1.43. The Morgan fingerprint density at radius 3 is 2.52 bits per heavy atom. The van der Waals surface area contributed by atoms with E-state index in [2.05, 4.69) is 39.5 Å². The second kappa shape index (κ2) is 9.32.